The molecule has 39 heavy (non-hydrogen) atoms. The molecule has 2 amide bonds. The van der Waals surface area contributed by atoms with E-state index >= 15 is 0 Å². The third-order valence-corrected chi connectivity index (χ3v) is 6.79. The Morgan fingerprint density at radius 3 is 2.33 bits per heavy atom. The van der Waals surface area contributed by atoms with E-state index in [1.807, 2.05) is 32.6 Å². The van der Waals surface area contributed by atoms with Gasteiger partial charge in [-0.25, -0.2) is 8.78 Å². The average molecular weight is 546 g/mol. The lowest BCUT2D eigenvalue weighted by Gasteiger charge is -2.34. The lowest BCUT2D eigenvalue weighted by atomic mass is 9.99. The number of aliphatic hydroxyl groups is 1. The maximum absolute atomic E-state index is 13.9. The molecule has 3 rings (SSSR count). The number of ether oxygens (including phenoxy) is 1. The lowest BCUT2D eigenvalue weighted by Crippen LogP contribution is -2.52. The molecule has 1 heterocycles. The molecule has 2 aromatic rings. The molecular formula is C30H41F2N3O4. The van der Waals surface area contributed by atoms with Gasteiger partial charge in [0.1, 0.15) is 11.6 Å². The highest BCUT2D eigenvalue weighted by molar-refractivity contribution is 6.00. The molecule has 1 saturated heterocycles. The number of β-amino-alcohol motifs (C(OH)–C–C–N with tert-alkyl or cyclic N) is 1. The van der Waals surface area contributed by atoms with E-state index in [0.717, 1.165) is 24.5 Å². The van der Waals surface area contributed by atoms with E-state index in [0.29, 0.717) is 43.9 Å². The monoisotopic (exact) mass is 545 g/mol. The Labute approximate surface area is 230 Å². The Kier molecular flexibility index (Phi) is 11.4. The summed E-state index contributed by atoms with van der Waals surface area (Å²) >= 11 is 0. The molecule has 214 valence electrons. The summed E-state index contributed by atoms with van der Waals surface area (Å²) in [6.07, 6.45) is 0.681. The van der Waals surface area contributed by atoms with Crippen LogP contribution in [-0.2, 0) is 11.2 Å². The summed E-state index contributed by atoms with van der Waals surface area (Å²) in [5.41, 5.74) is 1.79. The third-order valence-electron chi connectivity index (χ3n) is 6.79. The fourth-order valence-corrected chi connectivity index (χ4v) is 5.04. The highest BCUT2D eigenvalue weighted by Crippen LogP contribution is 2.17. The molecule has 2 N–H and O–H groups in total. The Hall–Kier alpha value is -2.88. The van der Waals surface area contributed by atoms with Crippen LogP contribution in [0.1, 0.15) is 65.5 Å². The number of hydrogen-bond donors (Lipinski definition) is 2. The van der Waals surface area contributed by atoms with Crippen molar-refractivity contribution in [3.05, 3.63) is 70.3 Å². The Morgan fingerprint density at radius 2 is 1.72 bits per heavy atom. The van der Waals surface area contributed by atoms with E-state index < -0.39 is 29.7 Å². The van der Waals surface area contributed by atoms with Gasteiger partial charge in [-0.3, -0.25) is 14.5 Å². The van der Waals surface area contributed by atoms with Gasteiger partial charge in [0.15, 0.2) is 0 Å². The molecule has 0 spiro atoms. The molecule has 1 unspecified atom stereocenters. The smallest absolute Gasteiger partial charge is 0.253 e. The highest BCUT2D eigenvalue weighted by atomic mass is 19.1. The second kappa shape index (κ2) is 14.5. The number of rotatable bonds is 12. The molecule has 0 saturated carbocycles. The zero-order chi connectivity index (χ0) is 28.5. The van der Waals surface area contributed by atoms with E-state index in [4.69, 9.17) is 4.74 Å². The first-order valence-electron chi connectivity index (χ1n) is 13.8. The van der Waals surface area contributed by atoms with Gasteiger partial charge in [-0.05, 0) is 74.6 Å². The van der Waals surface area contributed by atoms with Crippen molar-refractivity contribution in [3.8, 4) is 0 Å². The number of nitrogens with one attached hydrogen (secondary N) is 1. The predicted molar refractivity (Wildman–Crippen MR) is 147 cm³/mol. The van der Waals surface area contributed by atoms with Crippen molar-refractivity contribution < 1.29 is 28.2 Å². The van der Waals surface area contributed by atoms with Crippen LogP contribution in [0, 0.1) is 18.6 Å². The number of morpholine rings is 1. The first kappa shape index (κ1) is 30.7. The number of aryl methyl sites for hydroxylation is 1. The predicted octanol–water partition coefficient (Wildman–Crippen LogP) is 3.96. The molecule has 0 aromatic heterocycles. The number of carbonyl (C=O) groups is 2. The van der Waals surface area contributed by atoms with Gasteiger partial charge in [-0.1, -0.05) is 13.8 Å². The van der Waals surface area contributed by atoms with Crippen molar-refractivity contribution in [1.82, 2.24) is 15.1 Å². The number of nitrogens with zero attached hydrogens (tertiary/aromatic N) is 2. The second-order valence-electron chi connectivity index (χ2n) is 10.5. The minimum absolute atomic E-state index is 0.0135. The Balaban J connectivity index is 1.84. The first-order valence-corrected chi connectivity index (χ1v) is 13.8. The van der Waals surface area contributed by atoms with Gasteiger partial charge in [-0.2, -0.15) is 0 Å². The van der Waals surface area contributed by atoms with Crippen molar-refractivity contribution in [1.29, 1.82) is 0 Å². The zero-order valence-electron chi connectivity index (χ0n) is 23.4. The quantitative estimate of drug-likeness (QED) is 0.422. The maximum atomic E-state index is 13.9. The largest absolute Gasteiger partial charge is 0.390 e. The van der Waals surface area contributed by atoms with Gasteiger partial charge >= 0.3 is 0 Å². The van der Waals surface area contributed by atoms with Gasteiger partial charge < -0.3 is 20.1 Å². The number of aliphatic hydroxyl groups excluding tert-OH is 1. The summed E-state index contributed by atoms with van der Waals surface area (Å²) in [4.78, 5) is 30.5. The Bertz CT molecular complexity index is 1100. The van der Waals surface area contributed by atoms with Crippen LogP contribution in [0.25, 0.3) is 0 Å². The van der Waals surface area contributed by atoms with E-state index in [2.05, 4.69) is 5.32 Å². The molecule has 3 atom stereocenters. The molecule has 1 aliphatic rings. The summed E-state index contributed by atoms with van der Waals surface area (Å²) in [6.45, 7) is 11.1. The molecule has 0 bridgehead atoms. The van der Waals surface area contributed by atoms with Crippen molar-refractivity contribution in [2.75, 3.05) is 39.3 Å². The zero-order valence-corrected chi connectivity index (χ0v) is 23.4. The molecule has 1 aliphatic heterocycles. The second-order valence-corrected chi connectivity index (χ2v) is 10.5. The summed E-state index contributed by atoms with van der Waals surface area (Å²) in [5.74, 6) is -2.06. The minimum Gasteiger partial charge on any atom is -0.390 e. The van der Waals surface area contributed by atoms with Gasteiger partial charge in [0.25, 0.3) is 11.8 Å². The van der Waals surface area contributed by atoms with Crippen LogP contribution < -0.4 is 5.32 Å². The van der Waals surface area contributed by atoms with Crippen LogP contribution in [0.3, 0.4) is 0 Å². The number of benzene rings is 2. The van der Waals surface area contributed by atoms with E-state index in [9.17, 15) is 23.5 Å². The van der Waals surface area contributed by atoms with Crippen molar-refractivity contribution >= 4 is 11.8 Å². The van der Waals surface area contributed by atoms with Gasteiger partial charge in [0.2, 0.25) is 0 Å². The first-order chi connectivity index (χ1) is 18.6. The van der Waals surface area contributed by atoms with E-state index in [1.165, 1.54) is 12.1 Å². The topological polar surface area (TPSA) is 82.1 Å². The van der Waals surface area contributed by atoms with Crippen molar-refractivity contribution in [3.63, 3.8) is 0 Å². The number of hydrogen-bond acceptors (Lipinski definition) is 5. The maximum Gasteiger partial charge on any atom is 0.253 e. The summed E-state index contributed by atoms with van der Waals surface area (Å²) in [6, 6.07) is 7.38. The SMILES string of the molecule is CCCN(CCC)C(=O)c1cc(C)cc(C(=O)N[C@@H](Cc2cc(F)cc(F)c2)[C@H](O)CN2CCOC(C)C2)c1. The van der Waals surface area contributed by atoms with Gasteiger partial charge in [-0.15, -0.1) is 0 Å². The molecule has 7 nitrogen and oxygen atoms in total. The standard InChI is InChI=1S/C30H41F2N3O4/c1-5-7-35(8-6-2)30(38)24-12-20(3)11-23(16-24)29(37)33-27(15-22-13-25(31)17-26(32)14-22)28(36)19-34-9-10-39-21(4)18-34/h11-14,16-17,21,27-28,36H,5-10,15,18-19H2,1-4H3,(H,33,37)/t21?,27-,28+/m0/s1. The van der Waals surface area contributed by atoms with Crippen LogP contribution >= 0.6 is 0 Å². The molecule has 9 heteroatoms. The van der Waals surface area contributed by atoms with Crippen LogP contribution in [0.4, 0.5) is 8.78 Å². The van der Waals surface area contributed by atoms with Crippen molar-refractivity contribution in [2.45, 2.75) is 65.2 Å². The Morgan fingerprint density at radius 1 is 1.08 bits per heavy atom. The van der Waals surface area contributed by atoms with E-state index in [-0.39, 0.29) is 30.5 Å². The fourth-order valence-electron chi connectivity index (χ4n) is 5.04. The average Bonchev–Trinajstić information content (AvgIpc) is 2.86. The number of carbonyl (C=O) groups excluding carboxylic acids is 2. The molecule has 2 aromatic carbocycles. The van der Waals surface area contributed by atoms with Gasteiger partial charge in [0, 0.05) is 49.9 Å². The minimum atomic E-state index is -1.01. The fraction of sp³-hybridized carbons (Fsp3) is 0.533. The molecule has 0 radical (unpaired) electrons. The third kappa shape index (κ3) is 9.08. The normalized spacial score (nSPS) is 17.5. The molecule has 0 aliphatic carbocycles. The highest BCUT2D eigenvalue weighted by Gasteiger charge is 2.27. The summed E-state index contributed by atoms with van der Waals surface area (Å²) in [5, 5.41) is 14.1. The van der Waals surface area contributed by atoms with Crippen LogP contribution in [0.5, 0.6) is 0 Å². The lowest BCUT2D eigenvalue weighted by molar-refractivity contribution is -0.0353. The van der Waals surface area contributed by atoms with Crippen LogP contribution in [0.2, 0.25) is 0 Å². The van der Waals surface area contributed by atoms with Crippen molar-refractivity contribution in [2.24, 2.45) is 0 Å². The van der Waals surface area contributed by atoms with E-state index in [1.54, 1.807) is 23.1 Å². The molecule has 1 fully saturated rings. The van der Waals surface area contributed by atoms with Crippen LogP contribution in [0.15, 0.2) is 36.4 Å². The summed E-state index contributed by atoms with van der Waals surface area (Å²) in [7, 11) is 0. The number of halogens is 2. The van der Waals surface area contributed by atoms with Crippen LogP contribution in [-0.4, -0.2) is 84.3 Å². The molecular weight excluding hydrogens is 504 g/mol. The summed E-state index contributed by atoms with van der Waals surface area (Å²) < 4.78 is 33.4. The number of amides is 2. The van der Waals surface area contributed by atoms with Gasteiger partial charge in [0.05, 0.1) is 24.9 Å².